The summed E-state index contributed by atoms with van der Waals surface area (Å²) in [6.07, 6.45) is 1.57. The number of hydrogen-bond acceptors (Lipinski definition) is 2. The molecule has 0 fully saturated rings. The quantitative estimate of drug-likeness (QED) is 0.395. The third-order valence-corrected chi connectivity index (χ3v) is 5.16. The summed E-state index contributed by atoms with van der Waals surface area (Å²) in [7, 11) is 0. The summed E-state index contributed by atoms with van der Waals surface area (Å²) in [5.41, 5.74) is 4.56. The first-order valence-corrected chi connectivity index (χ1v) is 10.9. The lowest BCUT2D eigenvalue weighted by Gasteiger charge is -2.24. The first kappa shape index (κ1) is 22.9. The number of nitrogens with zero attached hydrogens (tertiary/aromatic N) is 1. The zero-order valence-corrected chi connectivity index (χ0v) is 18.6. The Hall–Kier alpha value is -3.80. The van der Waals surface area contributed by atoms with Crippen LogP contribution in [0.25, 0.3) is 0 Å². The molecule has 3 aromatic carbocycles. The van der Waals surface area contributed by atoms with Gasteiger partial charge in [0.25, 0.3) is 0 Å². The summed E-state index contributed by atoms with van der Waals surface area (Å²) in [6.45, 7) is 4.96. The Kier molecular flexibility index (Phi) is 8.26. The molecule has 0 bridgehead atoms. The van der Waals surface area contributed by atoms with Gasteiger partial charge in [0.15, 0.2) is 0 Å². The number of rotatable bonds is 8. The highest BCUT2D eigenvalue weighted by atomic mass is 16.2. The van der Waals surface area contributed by atoms with Gasteiger partial charge in [-0.05, 0) is 61.2 Å². The Balaban J connectivity index is 1.54. The number of carbonyl (C=O) groups excluding carboxylic acids is 2. The van der Waals surface area contributed by atoms with Gasteiger partial charge in [0.2, 0.25) is 0 Å². The normalized spacial score (nSPS) is 10.3. The van der Waals surface area contributed by atoms with Crippen molar-refractivity contribution in [1.29, 1.82) is 0 Å². The van der Waals surface area contributed by atoms with E-state index in [4.69, 9.17) is 0 Å². The van der Waals surface area contributed by atoms with E-state index in [1.807, 2.05) is 85.8 Å². The lowest BCUT2D eigenvalue weighted by Crippen LogP contribution is -2.38. The molecule has 4 amide bonds. The van der Waals surface area contributed by atoms with E-state index in [1.165, 1.54) is 5.56 Å². The average molecular weight is 431 g/mol. The highest BCUT2D eigenvalue weighted by Gasteiger charge is 2.16. The molecule has 6 heteroatoms. The molecule has 0 heterocycles. The Morgan fingerprint density at radius 1 is 0.844 bits per heavy atom. The molecule has 6 nitrogen and oxygen atoms in total. The van der Waals surface area contributed by atoms with E-state index in [9.17, 15) is 9.59 Å². The van der Waals surface area contributed by atoms with E-state index in [1.54, 1.807) is 4.90 Å². The van der Waals surface area contributed by atoms with Crippen molar-refractivity contribution in [3.05, 3.63) is 90.0 Å². The smallest absolute Gasteiger partial charge is 0.326 e. The lowest BCUT2D eigenvalue weighted by atomic mass is 10.1. The maximum absolute atomic E-state index is 13.0. The van der Waals surface area contributed by atoms with Crippen molar-refractivity contribution >= 4 is 29.1 Å². The van der Waals surface area contributed by atoms with Crippen LogP contribution in [0.2, 0.25) is 0 Å². The summed E-state index contributed by atoms with van der Waals surface area (Å²) in [4.78, 5) is 26.9. The highest BCUT2D eigenvalue weighted by molar-refractivity contribution is 6.02. The van der Waals surface area contributed by atoms with Crippen molar-refractivity contribution < 1.29 is 9.59 Å². The standard InChI is InChI=1S/C26H30N4O2/c1-3-21-14-16-22(17-15-21)28-25(31)27-18-9-19-30(23-11-5-4-6-12-23)26(32)29-24-13-8-7-10-20(24)2/h4-8,10-17H,3,9,18-19H2,1-2H3,(H,29,32)(H2,27,28,31). The van der Waals surface area contributed by atoms with Crippen LogP contribution < -0.4 is 20.9 Å². The summed E-state index contributed by atoms with van der Waals surface area (Å²) in [5.74, 6) is 0. The molecule has 3 aromatic rings. The fourth-order valence-electron chi connectivity index (χ4n) is 3.29. The molecule has 0 saturated carbocycles. The van der Waals surface area contributed by atoms with Crippen molar-refractivity contribution in [3.8, 4) is 0 Å². The number of carbonyl (C=O) groups is 2. The zero-order chi connectivity index (χ0) is 22.8. The minimum absolute atomic E-state index is 0.203. The predicted octanol–water partition coefficient (Wildman–Crippen LogP) is 5.81. The van der Waals surface area contributed by atoms with Crippen LogP contribution in [-0.4, -0.2) is 25.2 Å². The van der Waals surface area contributed by atoms with Crippen molar-refractivity contribution in [2.45, 2.75) is 26.7 Å². The Labute approximate surface area is 189 Å². The van der Waals surface area contributed by atoms with Gasteiger partial charge in [0.05, 0.1) is 0 Å². The van der Waals surface area contributed by atoms with E-state index in [2.05, 4.69) is 22.9 Å². The maximum atomic E-state index is 13.0. The van der Waals surface area contributed by atoms with Gasteiger partial charge < -0.3 is 16.0 Å². The third kappa shape index (κ3) is 6.60. The molecule has 0 radical (unpaired) electrons. The molecule has 0 saturated heterocycles. The summed E-state index contributed by atoms with van der Waals surface area (Å²) in [6, 6.07) is 24.5. The largest absolute Gasteiger partial charge is 0.338 e. The monoisotopic (exact) mass is 430 g/mol. The summed E-state index contributed by atoms with van der Waals surface area (Å²) >= 11 is 0. The lowest BCUT2D eigenvalue weighted by molar-refractivity contribution is 0.252. The maximum Gasteiger partial charge on any atom is 0.326 e. The molecule has 0 atom stereocenters. The van der Waals surface area contributed by atoms with E-state index < -0.39 is 0 Å². The third-order valence-electron chi connectivity index (χ3n) is 5.16. The average Bonchev–Trinajstić information content (AvgIpc) is 2.81. The number of aryl methyl sites for hydroxylation is 2. The first-order chi connectivity index (χ1) is 15.6. The number of amides is 4. The molecule has 0 aromatic heterocycles. The summed E-state index contributed by atoms with van der Waals surface area (Å²) < 4.78 is 0. The molecule has 0 aliphatic rings. The minimum Gasteiger partial charge on any atom is -0.338 e. The van der Waals surface area contributed by atoms with Gasteiger partial charge in [-0.1, -0.05) is 55.5 Å². The van der Waals surface area contributed by atoms with Crippen LogP contribution in [0.4, 0.5) is 26.7 Å². The molecule has 3 N–H and O–H groups in total. The number of nitrogens with one attached hydrogen (secondary N) is 3. The number of hydrogen-bond donors (Lipinski definition) is 3. The topological polar surface area (TPSA) is 73.5 Å². The molecule has 166 valence electrons. The van der Waals surface area contributed by atoms with E-state index >= 15 is 0 Å². The fourth-order valence-corrected chi connectivity index (χ4v) is 3.29. The van der Waals surface area contributed by atoms with Crippen LogP contribution in [0.5, 0.6) is 0 Å². The molecular weight excluding hydrogens is 400 g/mol. The predicted molar refractivity (Wildman–Crippen MR) is 131 cm³/mol. The van der Waals surface area contributed by atoms with Gasteiger partial charge in [-0.3, -0.25) is 4.90 Å². The van der Waals surface area contributed by atoms with E-state index in [0.717, 1.165) is 29.0 Å². The first-order valence-electron chi connectivity index (χ1n) is 10.9. The van der Waals surface area contributed by atoms with Gasteiger partial charge in [-0.25, -0.2) is 9.59 Å². The van der Waals surface area contributed by atoms with Crippen LogP contribution in [-0.2, 0) is 6.42 Å². The zero-order valence-electron chi connectivity index (χ0n) is 18.6. The van der Waals surface area contributed by atoms with Crippen LogP contribution >= 0.6 is 0 Å². The number of benzene rings is 3. The highest BCUT2D eigenvalue weighted by Crippen LogP contribution is 2.18. The second-order valence-corrected chi connectivity index (χ2v) is 7.52. The Bertz CT molecular complexity index is 1020. The minimum atomic E-state index is -0.259. The summed E-state index contributed by atoms with van der Waals surface area (Å²) in [5, 5.41) is 8.68. The number of para-hydroxylation sites is 2. The second kappa shape index (κ2) is 11.6. The van der Waals surface area contributed by atoms with Crippen molar-refractivity contribution in [3.63, 3.8) is 0 Å². The van der Waals surface area contributed by atoms with Crippen LogP contribution in [0.15, 0.2) is 78.9 Å². The van der Waals surface area contributed by atoms with Crippen molar-refractivity contribution in [1.82, 2.24) is 5.32 Å². The van der Waals surface area contributed by atoms with E-state index in [-0.39, 0.29) is 12.1 Å². The Morgan fingerprint density at radius 2 is 1.53 bits per heavy atom. The molecule has 0 aliphatic carbocycles. The number of urea groups is 2. The van der Waals surface area contributed by atoms with Gasteiger partial charge in [0.1, 0.15) is 0 Å². The molecule has 0 spiro atoms. The van der Waals surface area contributed by atoms with Crippen LogP contribution in [0.1, 0.15) is 24.5 Å². The molecule has 32 heavy (non-hydrogen) atoms. The van der Waals surface area contributed by atoms with Crippen molar-refractivity contribution in [2.24, 2.45) is 0 Å². The van der Waals surface area contributed by atoms with Crippen molar-refractivity contribution in [2.75, 3.05) is 28.6 Å². The van der Waals surface area contributed by atoms with Gasteiger partial charge in [0, 0.05) is 30.2 Å². The van der Waals surface area contributed by atoms with Gasteiger partial charge >= 0.3 is 12.1 Å². The number of anilines is 3. The van der Waals surface area contributed by atoms with Crippen LogP contribution in [0, 0.1) is 6.92 Å². The second-order valence-electron chi connectivity index (χ2n) is 7.52. The van der Waals surface area contributed by atoms with Crippen LogP contribution in [0.3, 0.4) is 0 Å². The van der Waals surface area contributed by atoms with Gasteiger partial charge in [-0.2, -0.15) is 0 Å². The SMILES string of the molecule is CCc1ccc(NC(=O)NCCCN(C(=O)Nc2ccccc2C)c2ccccc2)cc1. The molecule has 0 unspecified atom stereocenters. The van der Waals surface area contributed by atoms with Gasteiger partial charge in [-0.15, -0.1) is 0 Å². The molecular formula is C26H30N4O2. The molecule has 3 rings (SSSR count). The Morgan fingerprint density at radius 3 is 2.22 bits per heavy atom. The molecule has 0 aliphatic heterocycles. The fraction of sp³-hybridized carbons (Fsp3) is 0.231. The van der Waals surface area contributed by atoms with E-state index in [0.29, 0.717) is 19.5 Å².